The summed E-state index contributed by atoms with van der Waals surface area (Å²) in [7, 11) is -2.18. The Morgan fingerprint density at radius 3 is 2.74 bits per heavy atom. The first-order valence-electron chi connectivity index (χ1n) is 7.77. The smallest absolute Gasteiger partial charge is 0.337 e. The van der Waals surface area contributed by atoms with Crippen LogP contribution in [0.1, 0.15) is 26.2 Å². The topological polar surface area (TPSA) is 88.1 Å². The third-order valence-corrected chi connectivity index (χ3v) is 4.87. The van der Waals surface area contributed by atoms with Crippen molar-refractivity contribution in [3.05, 3.63) is 11.8 Å². The third kappa shape index (κ3) is 4.45. The molecule has 8 heteroatoms. The Kier molecular flexibility index (Phi) is 6.05. The van der Waals surface area contributed by atoms with Gasteiger partial charge in [0.25, 0.3) is 10.1 Å². The maximum Gasteiger partial charge on any atom is 0.337 e. The van der Waals surface area contributed by atoms with Gasteiger partial charge in [0.2, 0.25) is 6.29 Å². The fourth-order valence-corrected chi connectivity index (χ4v) is 3.73. The molecule has 23 heavy (non-hydrogen) atoms. The molecule has 4 atom stereocenters. The monoisotopic (exact) mass is 348 g/mol. The lowest BCUT2D eigenvalue weighted by Crippen LogP contribution is -2.39. The van der Waals surface area contributed by atoms with Crippen LogP contribution in [0.4, 0.5) is 0 Å². The highest BCUT2D eigenvalue weighted by Gasteiger charge is 2.48. The number of hydrogen-bond donors (Lipinski definition) is 0. The lowest BCUT2D eigenvalue weighted by Gasteiger charge is -2.35. The highest BCUT2D eigenvalue weighted by molar-refractivity contribution is 7.85. The Labute approximate surface area is 137 Å². The van der Waals surface area contributed by atoms with Gasteiger partial charge < -0.3 is 14.2 Å². The number of carbonyl (C=O) groups excluding carboxylic acids is 1. The summed E-state index contributed by atoms with van der Waals surface area (Å²) < 4.78 is 43.6. The number of carbonyl (C=O) groups is 1. The van der Waals surface area contributed by atoms with E-state index in [-0.39, 0.29) is 24.4 Å². The second-order valence-electron chi connectivity index (χ2n) is 5.95. The quantitative estimate of drug-likeness (QED) is 0.508. The maximum absolute atomic E-state index is 11.9. The molecule has 4 unspecified atom stereocenters. The van der Waals surface area contributed by atoms with Crippen LogP contribution in [0.3, 0.4) is 0 Å². The Morgan fingerprint density at radius 2 is 2.13 bits per heavy atom. The van der Waals surface area contributed by atoms with Gasteiger partial charge in [-0.15, -0.1) is 0 Å². The number of rotatable bonds is 7. The average molecular weight is 348 g/mol. The Morgan fingerprint density at radius 1 is 1.39 bits per heavy atom. The molecule has 0 aromatic rings. The number of fused-ring (bicyclic) bond motifs is 1. The average Bonchev–Trinajstić information content (AvgIpc) is 2.93. The first kappa shape index (κ1) is 18.2. The molecule has 0 bridgehead atoms. The van der Waals surface area contributed by atoms with Gasteiger partial charge in [0.1, 0.15) is 0 Å². The van der Waals surface area contributed by atoms with Crippen molar-refractivity contribution < 1.29 is 31.6 Å². The van der Waals surface area contributed by atoms with E-state index in [1.54, 1.807) is 0 Å². The molecule has 0 aromatic heterocycles. The molecular formula is C15H24O7S. The molecule has 1 aliphatic heterocycles. The first-order valence-corrected chi connectivity index (χ1v) is 9.58. The SMILES string of the molecule is CCCOC1OC=C(C(=O)OC)C2CCC(COS(C)(=O)=O)C12. The van der Waals surface area contributed by atoms with Crippen molar-refractivity contribution in [3.8, 4) is 0 Å². The fraction of sp³-hybridized carbons (Fsp3) is 0.800. The van der Waals surface area contributed by atoms with Crippen molar-refractivity contribution in [2.24, 2.45) is 17.8 Å². The molecule has 1 aliphatic carbocycles. The summed E-state index contributed by atoms with van der Waals surface area (Å²) >= 11 is 0. The minimum atomic E-state index is -3.51. The summed E-state index contributed by atoms with van der Waals surface area (Å²) in [6.07, 6.45) is 4.29. The number of ether oxygens (including phenoxy) is 3. The Balaban J connectivity index is 2.17. The van der Waals surface area contributed by atoms with Gasteiger partial charge in [-0.1, -0.05) is 6.92 Å². The normalized spacial score (nSPS) is 30.3. The van der Waals surface area contributed by atoms with Crippen molar-refractivity contribution in [2.45, 2.75) is 32.5 Å². The van der Waals surface area contributed by atoms with Crippen LogP contribution in [0.2, 0.25) is 0 Å². The molecule has 2 aliphatic rings. The number of hydrogen-bond acceptors (Lipinski definition) is 7. The first-order chi connectivity index (χ1) is 10.9. The van der Waals surface area contributed by atoms with Crippen molar-refractivity contribution in [1.29, 1.82) is 0 Å². The molecular weight excluding hydrogens is 324 g/mol. The zero-order valence-corrected chi connectivity index (χ0v) is 14.5. The highest BCUT2D eigenvalue weighted by atomic mass is 32.2. The second kappa shape index (κ2) is 7.63. The summed E-state index contributed by atoms with van der Waals surface area (Å²) in [6.45, 7) is 2.60. The molecule has 0 saturated heterocycles. The molecule has 0 spiro atoms. The van der Waals surface area contributed by atoms with E-state index in [1.165, 1.54) is 13.4 Å². The van der Waals surface area contributed by atoms with E-state index >= 15 is 0 Å². The molecule has 0 aromatic carbocycles. The lowest BCUT2D eigenvalue weighted by molar-refractivity contribution is -0.169. The molecule has 0 radical (unpaired) electrons. The minimum absolute atomic E-state index is 0.0510. The molecule has 0 N–H and O–H groups in total. The number of methoxy groups -OCH3 is 1. The van der Waals surface area contributed by atoms with Crippen LogP contribution in [-0.4, -0.2) is 47.3 Å². The van der Waals surface area contributed by atoms with Gasteiger partial charge in [-0.05, 0) is 25.2 Å². The van der Waals surface area contributed by atoms with Gasteiger partial charge in [-0.3, -0.25) is 4.18 Å². The van der Waals surface area contributed by atoms with E-state index in [2.05, 4.69) is 0 Å². The van der Waals surface area contributed by atoms with Crippen LogP contribution in [0.5, 0.6) is 0 Å². The van der Waals surface area contributed by atoms with Crippen LogP contribution >= 0.6 is 0 Å². The number of esters is 1. The predicted molar refractivity (Wildman–Crippen MR) is 81.7 cm³/mol. The standard InChI is InChI=1S/C15H24O7S/c1-4-7-20-15-13-10(8-22-23(3,17)18)5-6-11(13)12(9-21-15)14(16)19-2/h9-11,13,15H,4-8H2,1-3H3. The minimum Gasteiger partial charge on any atom is -0.472 e. The van der Waals surface area contributed by atoms with Crippen LogP contribution in [0.15, 0.2) is 11.8 Å². The molecule has 1 saturated carbocycles. The molecule has 2 rings (SSSR count). The van der Waals surface area contributed by atoms with E-state index in [4.69, 9.17) is 18.4 Å². The summed E-state index contributed by atoms with van der Waals surface area (Å²) in [5, 5.41) is 0. The highest BCUT2D eigenvalue weighted by Crippen LogP contribution is 2.47. The van der Waals surface area contributed by atoms with Crippen molar-refractivity contribution in [2.75, 3.05) is 26.6 Å². The second-order valence-corrected chi connectivity index (χ2v) is 7.59. The maximum atomic E-state index is 11.9. The summed E-state index contributed by atoms with van der Waals surface area (Å²) in [6, 6.07) is 0. The van der Waals surface area contributed by atoms with Crippen molar-refractivity contribution >= 4 is 16.1 Å². The molecule has 1 heterocycles. The summed E-state index contributed by atoms with van der Waals surface area (Å²) in [5.74, 6) is -0.655. The van der Waals surface area contributed by atoms with Gasteiger partial charge in [0.05, 0.1) is 38.4 Å². The van der Waals surface area contributed by atoms with E-state index in [0.29, 0.717) is 12.2 Å². The zero-order chi connectivity index (χ0) is 17.0. The van der Waals surface area contributed by atoms with E-state index in [9.17, 15) is 13.2 Å². The van der Waals surface area contributed by atoms with Gasteiger partial charge >= 0.3 is 5.97 Å². The molecule has 132 valence electrons. The van der Waals surface area contributed by atoms with Crippen LogP contribution < -0.4 is 0 Å². The van der Waals surface area contributed by atoms with Crippen LogP contribution in [0.25, 0.3) is 0 Å². The zero-order valence-electron chi connectivity index (χ0n) is 13.7. The van der Waals surface area contributed by atoms with Gasteiger partial charge in [0.15, 0.2) is 0 Å². The van der Waals surface area contributed by atoms with Gasteiger partial charge in [0, 0.05) is 11.8 Å². The Hall–Kier alpha value is -1.12. The Bertz CT molecular complexity index is 554. The molecule has 7 nitrogen and oxygen atoms in total. The largest absolute Gasteiger partial charge is 0.472 e. The van der Waals surface area contributed by atoms with Gasteiger partial charge in [-0.2, -0.15) is 8.42 Å². The fourth-order valence-electron chi connectivity index (χ4n) is 3.31. The van der Waals surface area contributed by atoms with E-state index in [1.807, 2.05) is 6.92 Å². The molecule has 0 amide bonds. The van der Waals surface area contributed by atoms with E-state index in [0.717, 1.165) is 25.5 Å². The summed E-state index contributed by atoms with van der Waals surface area (Å²) in [5.41, 5.74) is 0.482. The van der Waals surface area contributed by atoms with Gasteiger partial charge in [-0.25, -0.2) is 4.79 Å². The lowest BCUT2D eigenvalue weighted by atomic mass is 9.83. The van der Waals surface area contributed by atoms with Crippen molar-refractivity contribution in [3.63, 3.8) is 0 Å². The van der Waals surface area contributed by atoms with Crippen LogP contribution in [0, 0.1) is 17.8 Å². The predicted octanol–water partition coefficient (Wildman–Crippen LogP) is 1.44. The molecule has 1 fully saturated rings. The summed E-state index contributed by atoms with van der Waals surface area (Å²) in [4.78, 5) is 11.9. The van der Waals surface area contributed by atoms with Crippen LogP contribution in [-0.2, 0) is 33.3 Å². The van der Waals surface area contributed by atoms with E-state index < -0.39 is 22.4 Å². The van der Waals surface area contributed by atoms with Crippen molar-refractivity contribution in [1.82, 2.24) is 0 Å². The third-order valence-electron chi connectivity index (χ3n) is 4.30.